The van der Waals surface area contributed by atoms with E-state index in [-0.39, 0.29) is 12.2 Å². The standard InChI is InChI=1S/C9H8Br2ClNO2/c1-2-15-9(14)6-5(12)3-4(10)8(13)7(6)11/h3H,2,13H2,1H3. The highest BCUT2D eigenvalue weighted by Gasteiger charge is 2.19. The molecule has 3 nitrogen and oxygen atoms in total. The van der Waals surface area contributed by atoms with Gasteiger partial charge in [-0.3, -0.25) is 0 Å². The van der Waals surface area contributed by atoms with Crippen molar-refractivity contribution in [2.45, 2.75) is 6.92 Å². The van der Waals surface area contributed by atoms with E-state index in [0.29, 0.717) is 19.7 Å². The van der Waals surface area contributed by atoms with Crippen LogP contribution in [0.25, 0.3) is 0 Å². The number of anilines is 1. The molecular weight excluding hydrogens is 349 g/mol. The van der Waals surface area contributed by atoms with Crippen LogP contribution in [0.5, 0.6) is 0 Å². The summed E-state index contributed by atoms with van der Waals surface area (Å²) in [7, 11) is 0. The lowest BCUT2D eigenvalue weighted by Crippen LogP contribution is -2.08. The lowest BCUT2D eigenvalue weighted by atomic mass is 10.2. The summed E-state index contributed by atoms with van der Waals surface area (Å²) in [6, 6.07) is 1.56. The third-order valence-electron chi connectivity index (χ3n) is 1.69. The number of rotatable bonds is 2. The minimum atomic E-state index is -0.492. The second-order valence-corrected chi connectivity index (χ2v) is 4.72. The highest BCUT2D eigenvalue weighted by atomic mass is 79.9. The zero-order valence-electron chi connectivity index (χ0n) is 7.81. The zero-order chi connectivity index (χ0) is 11.6. The molecule has 0 unspecified atom stereocenters. The van der Waals surface area contributed by atoms with Gasteiger partial charge in [-0.2, -0.15) is 0 Å². The maximum Gasteiger partial charge on any atom is 0.340 e. The average Bonchev–Trinajstić information content (AvgIpc) is 2.15. The van der Waals surface area contributed by atoms with Crippen molar-refractivity contribution in [3.05, 3.63) is 25.6 Å². The molecule has 0 heterocycles. The van der Waals surface area contributed by atoms with E-state index in [1.54, 1.807) is 13.0 Å². The van der Waals surface area contributed by atoms with Crippen LogP contribution in [0, 0.1) is 0 Å². The Balaban J connectivity index is 3.29. The van der Waals surface area contributed by atoms with Gasteiger partial charge in [-0.25, -0.2) is 4.79 Å². The molecule has 0 fully saturated rings. The Morgan fingerprint density at radius 3 is 2.73 bits per heavy atom. The van der Waals surface area contributed by atoms with Crippen molar-refractivity contribution in [1.82, 2.24) is 0 Å². The second-order valence-electron chi connectivity index (χ2n) is 2.66. The quantitative estimate of drug-likeness (QED) is 0.650. The van der Waals surface area contributed by atoms with Crippen LogP contribution in [0.4, 0.5) is 5.69 Å². The van der Waals surface area contributed by atoms with Crippen LogP contribution < -0.4 is 5.73 Å². The van der Waals surface area contributed by atoms with Gasteiger partial charge in [0.15, 0.2) is 0 Å². The Kier molecular flexibility index (Phi) is 4.43. The number of benzene rings is 1. The lowest BCUT2D eigenvalue weighted by molar-refractivity contribution is 0.0525. The molecule has 1 aromatic carbocycles. The van der Waals surface area contributed by atoms with Gasteiger partial charge in [-0.05, 0) is 44.8 Å². The first-order valence-electron chi connectivity index (χ1n) is 4.09. The molecule has 1 rings (SSSR count). The van der Waals surface area contributed by atoms with Gasteiger partial charge in [0.05, 0.1) is 27.4 Å². The molecule has 0 bridgehead atoms. The normalized spacial score (nSPS) is 10.1. The number of hydrogen-bond acceptors (Lipinski definition) is 3. The minimum Gasteiger partial charge on any atom is -0.462 e. The molecule has 0 amide bonds. The van der Waals surface area contributed by atoms with E-state index in [9.17, 15) is 4.79 Å². The first kappa shape index (κ1) is 12.8. The summed E-state index contributed by atoms with van der Waals surface area (Å²) in [5, 5.41) is 0.293. The number of nitrogen functional groups attached to an aromatic ring is 1. The number of esters is 1. The fourth-order valence-corrected chi connectivity index (χ4v) is 2.80. The van der Waals surface area contributed by atoms with Crippen LogP contribution in [0.15, 0.2) is 15.0 Å². The Hall–Kier alpha value is -0.260. The topological polar surface area (TPSA) is 52.3 Å². The molecule has 0 aliphatic heterocycles. The third kappa shape index (κ3) is 2.65. The van der Waals surface area contributed by atoms with Crippen molar-refractivity contribution in [1.29, 1.82) is 0 Å². The molecule has 15 heavy (non-hydrogen) atoms. The van der Waals surface area contributed by atoms with E-state index < -0.39 is 5.97 Å². The average molecular weight is 357 g/mol. The molecule has 0 atom stereocenters. The van der Waals surface area contributed by atoms with Crippen molar-refractivity contribution < 1.29 is 9.53 Å². The van der Waals surface area contributed by atoms with Crippen LogP contribution in [0.3, 0.4) is 0 Å². The predicted molar refractivity (Wildman–Crippen MR) is 67.2 cm³/mol. The smallest absolute Gasteiger partial charge is 0.340 e. The van der Waals surface area contributed by atoms with Gasteiger partial charge in [0, 0.05) is 4.47 Å². The van der Waals surface area contributed by atoms with E-state index >= 15 is 0 Å². The van der Waals surface area contributed by atoms with Crippen molar-refractivity contribution in [2.24, 2.45) is 0 Å². The van der Waals surface area contributed by atoms with E-state index in [4.69, 9.17) is 22.1 Å². The molecule has 0 saturated carbocycles. The maximum absolute atomic E-state index is 11.5. The summed E-state index contributed by atoms with van der Waals surface area (Å²) in [4.78, 5) is 11.5. The third-order valence-corrected chi connectivity index (χ3v) is 3.46. The van der Waals surface area contributed by atoms with Crippen LogP contribution >= 0.6 is 43.5 Å². The van der Waals surface area contributed by atoms with Crippen molar-refractivity contribution >= 4 is 55.1 Å². The lowest BCUT2D eigenvalue weighted by Gasteiger charge is -2.10. The summed E-state index contributed by atoms with van der Waals surface area (Å²) in [6.07, 6.45) is 0. The predicted octanol–water partition coefficient (Wildman–Crippen LogP) is 3.62. The number of hydrogen-bond donors (Lipinski definition) is 1. The number of carbonyl (C=O) groups excluding carboxylic acids is 1. The van der Waals surface area contributed by atoms with Crippen LogP contribution in [-0.4, -0.2) is 12.6 Å². The number of halogens is 3. The maximum atomic E-state index is 11.5. The van der Waals surface area contributed by atoms with E-state index in [2.05, 4.69) is 31.9 Å². The van der Waals surface area contributed by atoms with Gasteiger partial charge in [0.1, 0.15) is 0 Å². The summed E-state index contributed by atoms with van der Waals surface area (Å²) >= 11 is 12.4. The molecule has 0 aliphatic carbocycles. The monoisotopic (exact) mass is 355 g/mol. The largest absolute Gasteiger partial charge is 0.462 e. The molecule has 82 valence electrons. The fourth-order valence-electron chi connectivity index (χ4n) is 0.996. The molecule has 0 aliphatic rings. The Morgan fingerprint density at radius 1 is 1.60 bits per heavy atom. The molecule has 0 saturated heterocycles. The number of carbonyl (C=O) groups is 1. The second kappa shape index (κ2) is 5.18. The van der Waals surface area contributed by atoms with E-state index in [0.717, 1.165) is 0 Å². The van der Waals surface area contributed by atoms with Crippen molar-refractivity contribution in [3.8, 4) is 0 Å². The zero-order valence-corrected chi connectivity index (χ0v) is 11.7. The molecule has 0 aromatic heterocycles. The van der Waals surface area contributed by atoms with Gasteiger partial charge < -0.3 is 10.5 Å². The minimum absolute atomic E-state index is 0.249. The summed E-state index contributed by atoms with van der Waals surface area (Å²) in [5.74, 6) is -0.492. The van der Waals surface area contributed by atoms with E-state index in [1.807, 2.05) is 0 Å². The van der Waals surface area contributed by atoms with Gasteiger partial charge in [-0.15, -0.1) is 0 Å². The molecule has 0 spiro atoms. The van der Waals surface area contributed by atoms with Gasteiger partial charge in [0.25, 0.3) is 0 Å². The molecular formula is C9H8Br2ClNO2. The van der Waals surface area contributed by atoms with Crippen LogP contribution in [0.1, 0.15) is 17.3 Å². The van der Waals surface area contributed by atoms with Crippen LogP contribution in [0.2, 0.25) is 5.02 Å². The molecule has 1 aromatic rings. The molecule has 2 N–H and O–H groups in total. The Labute approximate surface area is 109 Å². The van der Waals surface area contributed by atoms with Crippen LogP contribution in [-0.2, 0) is 4.74 Å². The number of nitrogens with two attached hydrogens (primary N) is 1. The SMILES string of the molecule is CCOC(=O)c1c(Cl)cc(Br)c(N)c1Br. The highest BCUT2D eigenvalue weighted by molar-refractivity contribution is 9.11. The van der Waals surface area contributed by atoms with Crippen molar-refractivity contribution in [3.63, 3.8) is 0 Å². The Morgan fingerprint density at radius 2 is 2.20 bits per heavy atom. The van der Waals surface area contributed by atoms with Gasteiger partial charge in [-0.1, -0.05) is 11.6 Å². The molecule has 0 radical (unpaired) electrons. The summed E-state index contributed by atoms with van der Waals surface area (Å²) in [6.45, 7) is 2.01. The first-order chi connectivity index (χ1) is 6.99. The summed E-state index contributed by atoms with van der Waals surface area (Å²) in [5.41, 5.74) is 6.39. The molecule has 6 heteroatoms. The van der Waals surface area contributed by atoms with Gasteiger partial charge in [0.2, 0.25) is 0 Å². The Bertz CT molecular complexity index is 410. The highest BCUT2D eigenvalue weighted by Crippen LogP contribution is 2.36. The van der Waals surface area contributed by atoms with Crippen molar-refractivity contribution in [2.75, 3.05) is 12.3 Å². The van der Waals surface area contributed by atoms with Gasteiger partial charge >= 0.3 is 5.97 Å². The van der Waals surface area contributed by atoms with E-state index in [1.165, 1.54) is 0 Å². The number of ether oxygens (including phenoxy) is 1. The fraction of sp³-hybridized carbons (Fsp3) is 0.222. The summed E-state index contributed by atoms with van der Waals surface area (Å²) < 4.78 is 5.94. The first-order valence-corrected chi connectivity index (χ1v) is 6.05.